The van der Waals surface area contributed by atoms with Gasteiger partial charge in [-0.2, -0.15) is 0 Å². The van der Waals surface area contributed by atoms with E-state index in [1.165, 1.54) is 0 Å². The van der Waals surface area contributed by atoms with Crippen LogP contribution in [0, 0.1) is 10.1 Å². The molecule has 1 atom stereocenters. The number of nitrogens with two attached hydrogens (primary N) is 2. The number of guanidine groups is 1. The van der Waals surface area contributed by atoms with E-state index in [0.717, 1.165) is 7.11 Å². The predicted octanol–water partition coefficient (Wildman–Crippen LogP) is -3.40. The molecule has 13 nitrogen and oxygen atoms in total. The molecule has 0 saturated carbocycles. The summed E-state index contributed by atoms with van der Waals surface area (Å²) in [5.41, 5.74) is 10.3. The summed E-state index contributed by atoms with van der Waals surface area (Å²) in [7, 11) is 1.16. The maximum Gasteiger partial charge on any atom is 0.328 e. The number of amides is 2. The second-order valence-corrected chi connectivity index (χ2v) is 4.42. The summed E-state index contributed by atoms with van der Waals surface area (Å²) in [6, 6.07) is -0.937. The van der Waals surface area contributed by atoms with Gasteiger partial charge in [0, 0.05) is 6.54 Å². The number of nitro groups is 1. The highest BCUT2D eigenvalue weighted by molar-refractivity contribution is 5.88. The van der Waals surface area contributed by atoms with Gasteiger partial charge < -0.3 is 32.2 Å². The third kappa shape index (κ3) is 9.88. The van der Waals surface area contributed by atoms with Gasteiger partial charge in [-0.3, -0.25) is 9.59 Å². The number of nitrogens with one attached hydrogen (secondary N) is 3. The number of methoxy groups -OCH3 is 1. The van der Waals surface area contributed by atoms with E-state index >= 15 is 0 Å². The second kappa shape index (κ2) is 11.6. The van der Waals surface area contributed by atoms with Crippen LogP contribution in [0.25, 0.3) is 0 Å². The quantitative estimate of drug-likeness (QED) is 0.0665. The van der Waals surface area contributed by atoms with Crippen LogP contribution in [0.15, 0.2) is 5.10 Å². The van der Waals surface area contributed by atoms with Crippen molar-refractivity contribution in [3.63, 3.8) is 0 Å². The van der Waals surface area contributed by atoms with Gasteiger partial charge in [0.15, 0.2) is 5.03 Å². The van der Waals surface area contributed by atoms with Crippen molar-refractivity contribution in [2.45, 2.75) is 18.9 Å². The van der Waals surface area contributed by atoms with Crippen molar-refractivity contribution in [1.29, 1.82) is 0 Å². The standard InChI is InChI=1S/C11H21N7O6/c1-24-10(21)7(16-9(20)6-15-8(19)5-12)3-2-4-14-11(13)17-18(22)23/h7H,2-6,12H2,1H3,(H,15,19)(H,16,20)(H3,13,14,17). The van der Waals surface area contributed by atoms with Crippen LogP contribution < -0.4 is 27.4 Å². The second-order valence-electron chi connectivity index (χ2n) is 4.42. The van der Waals surface area contributed by atoms with Gasteiger partial charge >= 0.3 is 5.97 Å². The van der Waals surface area contributed by atoms with Gasteiger partial charge in [0.1, 0.15) is 11.1 Å². The average molecular weight is 347 g/mol. The Bertz CT molecular complexity index is 495. The summed E-state index contributed by atoms with van der Waals surface area (Å²) in [5.74, 6) is -2.14. The largest absolute Gasteiger partial charge is 0.467 e. The van der Waals surface area contributed by atoms with Crippen molar-refractivity contribution in [3.05, 3.63) is 10.1 Å². The molecular weight excluding hydrogens is 326 g/mol. The van der Waals surface area contributed by atoms with Crippen molar-refractivity contribution in [1.82, 2.24) is 16.0 Å². The smallest absolute Gasteiger partial charge is 0.328 e. The summed E-state index contributed by atoms with van der Waals surface area (Å²) < 4.78 is 4.57. The number of hydrogen-bond donors (Lipinski definition) is 5. The SMILES string of the molecule is COC(=O)C(CCCN/C(N)=N\[N+](=O)[O-])NC(=O)CNC(=O)CN. The number of carbonyl (C=O) groups is 3. The Hall–Kier alpha value is -2.96. The topological polar surface area (TPSA) is 204 Å². The number of carbonyl (C=O) groups excluding carboxylic acids is 3. The van der Waals surface area contributed by atoms with Gasteiger partial charge in [-0.05, 0) is 12.8 Å². The summed E-state index contributed by atoms with van der Waals surface area (Å²) in [6.07, 6.45) is 0.519. The molecule has 0 aliphatic heterocycles. The van der Waals surface area contributed by atoms with Crippen molar-refractivity contribution in [3.8, 4) is 0 Å². The predicted molar refractivity (Wildman–Crippen MR) is 81.9 cm³/mol. The zero-order valence-electron chi connectivity index (χ0n) is 13.1. The van der Waals surface area contributed by atoms with Gasteiger partial charge in [0.05, 0.1) is 20.2 Å². The van der Waals surface area contributed by atoms with E-state index in [1.807, 2.05) is 0 Å². The molecule has 0 rings (SSSR count). The first-order chi connectivity index (χ1) is 11.3. The summed E-state index contributed by atoms with van der Waals surface area (Å²) >= 11 is 0. The Morgan fingerprint density at radius 2 is 1.96 bits per heavy atom. The van der Waals surface area contributed by atoms with E-state index in [4.69, 9.17) is 11.5 Å². The third-order valence-corrected chi connectivity index (χ3v) is 2.62. The molecule has 0 bridgehead atoms. The Morgan fingerprint density at radius 1 is 1.29 bits per heavy atom. The van der Waals surface area contributed by atoms with Gasteiger partial charge in [0.25, 0.3) is 5.96 Å². The zero-order chi connectivity index (χ0) is 18.5. The Balaban J connectivity index is 4.32. The first kappa shape index (κ1) is 21.0. The minimum Gasteiger partial charge on any atom is -0.467 e. The molecule has 0 fully saturated rings. The van der Waals surface area contributed by atoms with Crippen LogP contribution in [0.2, 0.25) is 0 Å². The lowest BCUT2D eigenvalue weighted by molar-refractivity contribution is -0.485. The van der Waals surface area contributed by atoms with Crippen LogP contribution in [0.1, 0.15) is 12.8 Å². The lowest BCUT2D eigenvalue weighted by atomic mass is 10.1. The number of nitrogens with zero attached hydrogens (tertiary/aromatic N) is 2. The minimum absolute atomic E-state index is 0.183. The molecule has 13 heteroatoms. The van der Waals surface area contributed by atoms with Gasteiger partial charge in [-0.15, -0.1) is 0 Å². The number of hydrogen-bond acceptors (Lipinski definition) is 7. The van der Waals surface area contributed by atoms with Crippen LogP contribution in [-0.2, 0) is 19.1 Å². The molecule has 0 aromatic heterocycles. The lowest BCUT2D eigenvalue weighted by Gasteiger charge is -2.16. The zero-order valence-corrected chi connectivity index (χ0v) is 13.1. The maximum atomic E-state index is 11.7. The van der Waals surface area contributed by atoms with Gasteiger partial charge in [0.2, 0.25) is 11.8 Å². The highest BCUT2D eigenvalue weighted by Crippen LogP contribution is 1.99. The molecule has 0 aliphatic carbocycles. The number of hydrazone groups is 1. The third-order valence-electron chi connectivity index (χ3n) is 2.62. The minimum atomic E-state index is -0.949. The van der Waals surface area contributed by atoms with E-state index < -0.39 is 28.9 Å². The van der Waals surface area contributed by atoms with Crippen LogP contribution in [0.4, 0.5) is 0 Å². The molecule has 0 heterocycles. The lowest BCUT2D eigenvalue weighted by Crippen LogP contribution is -2.47. The molecule has 0 radical (unpaired) electrons. The van der Waals surface area contributed by atoms with Crippen LogP contribution in [-0.4, -0.2) is 61.6 Å². The average Bonchev–Trinajstić information content (AvgIpc) is 2.53. The van der Waals surface area contributed by atoms with Crippen molar-refractivity contribution < 1.29 is 24.2 Å². The van der Waals surface area contributed by atoms with E-state index in [1.54, 1.807) is 0 Å². The molecule has 24 heavy (non-hydrogen) atoms. The first-order valence-electron chi connectivity index (χ1n) is 6.86. The fourth-order valence-electron chi connectivity index (χ4n) is 1.53. The Kier molecular flexibility index (Phi) is 10.2. The molecule has 0 aromatic carbocycles. The molecule has 0 aromatic rings. The van der Waals surface area contributed by atoms with Gasteiger partial charge in [-0.25, -0.2) is 14.9 Å². The van der Waals surface area contributed by atoms with E-state index in [-0.39, 0.29) is 32.0 Å². The maximum absolute atomic E-state index is 11.7. The fraction of sp³-hybridized carbons (Fsp3) is 0.636. The van der Waals surface area contributed by atoms with E-state index in [0.29, 0.717) is 6.42 Å². The Labute approximate surface area is 137 Å². The summed E-state index contributed by atoms with van der Waals surface area (Å²) in [4.78, 5) is 44.3. The van der Waals surface area contributed by atoms with Crippen LogP contribution in [0.3, 0.4) is 0 Å². The molecule has 136 valence electrons. The summed E-state index contributed by atoms with van der Waals surface area (Å²) in [6.45, 7) is -0.396. The van der Waals surface area contributed by atoms with Crippen molar-refractivity contribution in [2.75, 3.05) is 26.7 Å². The molecular formula is C11H21N7O6. The highest BCUT2D eigenvalue weighted by Gasteiger charge is 2.21. The molecule has 0 aliphatic rings. The monoisotopic (exact) mass is 347 g/mol. The fourth-order valence-corrected chi connectivity index (χ4v) is 1.53. The first-order valence-corrected chi connectivity index (χ1v) is 6.86. The van der Waals surface area contributed by atoms with Crippen molar-refractivity contribution >= 4 is 23.7 Å². The number of rotatable bonds is 10. The molecule has 7 N–H and O–H groups in total. The number of ether oxygens (including phenoxy) is 1. The number of esters is 1. The van der Waals surface area contributed by atoms with Gasteiger partial charge in [-0.1, -0.05) is 0 Å². The highest BCUT2D eigenvalue weighted by atomic mass is 16.7. The van der Waals surface area contributed by atoms with Crippen LogP contribution in [0.5, 0.6) is 0 Å². The Morgan fingerprint density at radius 3 is 2.50 bits per heavy atom. The summed E-state index contributed by atoms with van der Waals surface area (Å²) in [5, 5.41) is 19.1. The molecule has 0 spiro atoms. The molecule has 1 unspecified atom stereocenters. The van der Waals surface area contributed by atoms with Crippen molar-refractivity contribution in [2.24, 2.45) is 16.6 Å². The normalized spacial score (nSPS) is 12.0. The molecule has 0 saturated heterocycles. The molecule has 2 amide bonds. The van der Waals surface area contributed by atoms with E-state index in [9.17, 15) is 24.5 Å². The van der Waals surface area contributed by atoms with Crippen LogP contribution >= 0.6 is 0 Å². The van der Waals surface area contributed by atoms with E-state index in [2.05, 4.69) is 25.8 Å².